The van der Waals surface area contributed by atoms with Gasteiger partial charge in [0.25, 0.3) is 0 Å². The predicted octanol–water partition coefficient (Wildman–Crippen LogP) is 1.70. The van der Waals surface area contributed by atoms with Crippen molar-refractivity contribution in [3.63, 3.8) is 0 Å². The molecule has 0 aromatic carbocycles. The second kappa shape index (κ2) is 3.95. The highest BCUT2D eigenvalue weighted by atomic mass is 15.5. The minimum Gasteiger partial charge on any atom is -0.384 e. The van der Waals surface area contributed by atoms with Crippen molar-refractivity contribution in [2.75, 3.05) is 7.05 Å². The van der Waals surface area contributed by atoms with Gasteiger partial charge in [0.2, 0.25) is 0 Å². The Hall–Kier alpha value is -1.12. The summed E-state index contributed by atoms with van der Waals surface area (Å²) in [5, 5.41) is 1.84. The molecule has 0 bridgehead atoms. The van der Waals surface area contributed by atoms with Gasteiger partial charge in [0, 0.05) is 13.2 Å². The van der Waals surface area contributed by atoms with Crippen molar-refractivity contribution < 1.29 is 0 Å². The molecule has 1 saturated carbocycles. The van der Waals surface area contributed by atoms with Gasteiger partial charge < -0.3 is 11.2 Å². The molecule has 0 aromatic heterocycles. The van der Waals surface area contributed by atoms with Crippen LogP contribution < -0.4 is 11.2 Å². The summed E-state index contributed by atoms with van der Waals surface area (Å²) in [7, 11) is 1.93. The maximum atomic E-state index is 5.86. The van der Waals surface area contributed by atoms with Gasteiger partial charge >= 0.3 is 0 Å². The predicted molar refractivity (Wildman–Crippen MR) is 57.8 cm³/mol. The molecule has 1 heterocycles. The molecule has 1 fully saturated rings. The highest BCUT2D eigenvalue weighted by molar-refractivity contribution is 5.26. The van der Waals surface area contributed by atoms with Crippen LogP contribution in [-0.4, -0.2) is 12.1 Å². The topological polar surface area (TPSA) is 41.3 Å². The van der Waals surface area contributed by atoms with E-state index in [-0.39, 0.29) is 0 Å². The molecule has 1 aliphatic carbocycles. The standard InChI is InChI=1S/C11H19N3/c1-14-11(12)7-10(8-13-14)9-5-3-2-4-6-9/h7-9,13H,2-6,12H2,1H3. The number of hydrogen-bond acceptors (Lipinski definition) is 3. The van der Waals surface area contributed by atoms with E-state index in [1.54, 1.807) is 0 Å². The van der Waals surface area contributed by atoms with E-state index in [9.17, 15) is 0 Å². The van der Waals surface area contributed by atoms with Crippen LogP contribution in [0.4, 0.5) is 0 Å². The fourth-order valence-corrected chi connectivity index (χ4v) is 2.23. The molecule has 2 rings (SSSR count). The minimum atomic E-state index is 0.725. The van der Waals surface area contributed by atoms with Crippen LogP contribution in [0.2, 0.25) is 0 Å². The molecule has 14 heavy (non-hydrogen) atoms. The van der Waals surface area contributed by atoms with Gasteiger partial charge in [-0.25, -0.2) is 0 Å². The normalized spacial score (nSPS) is 23.9. The molecule has 2 aliphatic rings. The van der Waals surface area contributed by atoms with Crippen LogP contribution in [0.25, 0.3) is 0 Å². The Bertz CT molecular complexity index is 262. The van der Waals surface area contributed by atoms with Gasteiger partial charge in [0.1, 0.15) is 5.82 Å². The molecule has 0 amide bonds. The molecule has 3 N–H and O–H groups in total. The lowest BCUT2D eigenvalue weighted by Crippen LogP contribution is -2.36. The highest BCUT2D eigenvalue weighted by Gasteiger charge is 2.19. The van der Waals surface area contributed by atoms with Gasteiger partial charge in [-0.15, -0.1) is 0 Å². The molecule has 0 aromatic rings. The van der Waals surface area contributed by atoms with E-state index in [1.165, 1.54) is 37.7 Å². The van der Waals surface area contributed by atoms with Crippen molar-refractivity contribution in [3.05, 3.63) is 23.7 Å². The molecule has 0 atom stereocenters. The van der Waals surface area contributed by atoms with Crippen LogP contribution in [-0.2, 0) is 0 Å². The fourth-order valence-electron chi connectivity index (χ4n) is 2.23. The zero-order valence-electron chi connectivity index (χ0n) is 8.79. The summed E-state index contributed by atoms with van der Waals surface area (Å²) in [6.07, 6.45) is 11.0. The Morgan fingerprint density at radius 3 is 2.71 bits per heavy atom. The zero-order valence-corrected chi connectivity index (χ0v) is 8.79. The molecule has 0 radical (unpaired) electrons. The van der Waals surface area contributed by atoms with Crippen LogP contribution in [0, 0.1) is 5.92 Å². The van der Waals surface area contributed by atoms with Crippen LogP contribution in [0.3, 0.4) is 0 Å². The second-order valence-electron chi connectivity index (χ2n) is 4.24. The van der Waals surface area contributed by atoms with Crippen molar-refractivity contribution in [1.29, 1.82) is 0 Å². The lowest BCUT2D eigenvalue weighted by molar-refractivity contribution is 0.329. The van der Waals surface area contributed by atoms with Crippen LogP contribution in [0.15, 0.2) is 23.7 Å². The lowest BCUT2D eigenvalue weighted by Gasteiger charge is -2.29. The van der Waals surface area contributed by atoms with E-state index in [0.29, 0.717) is 0 Å². The number of hydrazine groups is 1. The van der Waals surface area contributed by atoms with Crippen molar-refractivity contribution in [2.45, 2.75) is 32.1 Å². The van der Waals surface area contributed by atoms with E-state index in [1.807, 2.05) is 12.1 Å². The van der Waals surface area contributed by atoms with Crippen LogP contribution in [0.5, 0.6) is 0 Å². The molecule has 0 unspecified atom stereocenters. The average Bonchev–Trinajstić information content (AvgIpc) is 2.23. The summed E-state index contributed by atoms with van der Waals surface area (Å²) in [6.45, 7) is 0. The molecule has 0 saturated heterocycles. The van der Waals surface area contributed by atoms with Gasteiger partial charge in [-0.1, -0.05) is 19.3 Å². The third kappa shape index (κ3) is 1.86. The van der Waals surface area contributed by atoms with E-state index >= 15 is 0 Å². The van der Waals surface area contributed by atoms with Crippen LogP contribution >= 0.6 is 0 Å². The largest absolute Gasteiger partial charge is 0.384 e. The minimum absolute atomic E-state index is 0.725. The third-order valence-electron chi connectivity index (χ3n) is 3.20. The Balaban J connectivity index is 2.04. The maximum Gasteiger partial charge on any atom is 0.117 e. The molecular weight excluding hydrogens is 174 g/mol. The van der Waals surface area contributed by atoms with E-state index in [4.69, 9.17) is 5.73 Å². The number of nitrogens with two attached hydrogens (primary N) is 1. The number of allylic oxidation sites excluding steroid dienone is 2. The van der Waals surface area contributed by atoms with Gasteiger partial charge in [0.15, 0.2) is 0 Å². The van der Waals surface area contributed by atoms with Crippen molar-refractivity contribution >= 4 is 0 Å². The van der Waals surface area contributed by atoms with Gasteiger partial charge in [-0.3, -0.25) is 5.01 Å². The summed E-state index contributed by atoms with van der Waals surface area (Å²) in [5.74, 6) is 1.54. The Kier molecular flexibility index (Phi) is 2.66. The van der Waals surface area contributed by atoms with Crippen molar-refractivity contribution in [3.8, 4) is 0 Å². The fraction of sp³-hybridized carbons (Fsp3) is 0.636. The molecule has 78 valence electrons. The average molecular weight is 193 g/mol. The first-order chi connectivity index (χ1) is 6.77. The second-order valence-corrected chi connectivity index (χ2v) is 4.24. The number of rotatable bonds is 1. The first-order valence-electron chi connectivity index (χ1n) is 5.44. The van der Waals surface area contributed by atoms with Crippen LogP contribution in [0.1, 0.15) is 32.1 Å². The summed E-state index contributed by atoms with van der Waals surface area (Å²) in [6, 6.07) is 0. The number of nitrogens with zero attached hydrogens (tertiary/aromatic N) is 1. The monoisotopic (exact) mass is 193 g/mol. The Labute approximate surface area is 85.6 Å². The van der Waals surface area contributed by atoms with Gasteiger partial charge in [-0.2, -0.15) is 0 Å². The Morgan fingerprint density at radius 1 is 1.36 bits per heavy atom. The van der Waals surface area contributed by atoms with E-state index < -0.39 is 0 Å². The Morgan fingerprint density at radius 2 is 2.07 bits per heavy atom. The summed E-state index contributed by atoms with van der Waals surface area (Å²) in [4.78, 5) is 0. The summed E-state index contributed by atoms with van der Waals surface area (Å²) >= 11 is 0. The summed E-state index contributed by atoms with van der Waals surface area (Å²) < 4.78 is 0. The molecule has 3 nitrogen and oxygen atoms in total. The van der Waals surface area contributed by atoms with Gasteiger partial charge in [0.05, 0.1) is 0 Å². The molecular formula is C11H19N3. The van der Waals surface area contributed by atoms with Crippen molar-refractivity contribution in [2.24, 2.45) is 11.7 Å². The molecule has 1 aliphatic heterocycles. The molecule has 3 heteroatoms. The SMILES string of the molecule is CN1NC=C(C2CCCCC2)C=C1N. The summed E-state index contributed by atoms with van der Waals surface area (Å²) in [5.41, 5.74) is 10.4. The van der Waals surface area contributed by atoms with E-state index in [2.05, 4.69) is 17.7 Å². The van der Waals surface area contributed by atoms with E-state index in [0.717, 1.165) is 11.7 Å². The third-order valence-corrected chi connectivity index (χ3v) is 3.20. The zero-order chi connectivity index (χ0) is 9.97. The lowest BCUT2D eigenvalue weighted by atomic mass is 9.84. The first kappa shape index (κ1) is 9.44. The number of hydrogen-bond donors (Lipinski definition) is 2. The van der Waals surface area contributed by atoms with Crippen molar-refractivity contribution in [1.82, 2.24) is 10.4 Å². The maximum absolute atomic E-state index is 5.86. The quantitative estimate of drug-likeness (QED) is 0.666. The first-order valence-corrected chi connectivity index (χ1v) is 5.44. The molecule has 0 spiro atoms. The highest BCUT2D eigenvalue weighted by Crippen LogP contribution is 2.31. The number of nitrogens with one attached hydrogen (secondary N) is 1. The smallest absolute Gasteiger partial charge is 0.117 e. The van der Waals surface area contributed by atoms with Gasteiger partial charge in [-0.05, 0) is 30.4 Å².